The van der Waals surface area contributed by atoms with Crippen molar-refractivity contribution in [1.29, 1.82) is 0 Å². The average Bonchev–Trinajstić information content (AvgIpc) is 2.25. The molecule has 0 aromatic heterocycles. The number of aliphatic imine (C=N–C) groups is 1. The first-order chi connectivity index (χ1) is 6.86. The van der Waals surface area contributed by atoms with Crippen molar-refractivity contribution in [3.05, 3.63) is 0 Å². The van der Waals surface area contributed by atoms with Gasteiger partial charge < -0.3 is 10.1 Å². The molecule has 5 heteroatoms. The van der Waals surface area contributed by atoms with E-state index in [0.717, 1.165) is 39.1 Å². The fourth-order valence-corrected chi connectivity index (χ4v) is 1.47. The lowest BCUT2D eigenvalue weighted by Crippen LogP contribution is -2.41. The van der Waals surface area contributed by atoms with Crippen LogP contribution in [0.25, 0.3) is 0 Å². The Morgan fingerprint density at radius 2 is 2.21 bits per heavy atom. The predicted molar refractivity (Wildman–Crippen MR) is 56.8 cm³/mol. The molecule has 0 unspecified atom stereocenters. The van der Waals surface area contributed by atoms with E-state index in [0.29, 0.717) is 11.9 Å². The Morgan fingerprint density at radius 1 is 1.50 bits per heavy atom. The Morgan fingerprint density at radius 3 is 2.79 bits per heavy atom. The molecule has 0 bridgehead atoms. The van der Waals surface area contributed by atoms with Crippen LogP contribution < -0.4 is 16.6 Å². The minimum atomic E-state index is 0.644. The van der Waals surface area contributed by atoms with Gasteiger partial charge in [-0.2, -0.15) is 0 Å². The molecule has 4 N–H and O–H groups in total. The van der Waals surface area contributed by atoms with E-state index >= 15 is 0 Å². The molecule has 14 heavy (non-hydrogen) atoms. The lowest BCUT2D eigenvalue weighted by molar-refractivity contribution is 0.0689. The van der Waals surface area contributed by atoms with E-state index in [1.807, 2.05) is 6.92 Å². The Balaban J connectivity index is 2.26. The van der Waals surface area contributed by atoms with Crippen LogP contribution in [0.2, 0.25) is 0 Å². The largest absolute Gasteiger partial charge is 0.381 e. The smallest absolute Gasteiger partial charge is 0.205 e. The van der Waals surface area contributed by atoms with Crippen LogP contribution >= 0.6 is 0 Å². The summed E-state index contributed by atoms with van der Waals surface area (Å²) in [6.07, 6.45) is 2.21. The maximum absolute atomic E-state index is 5.31. The molecule has 82 valence electrons. The van der Waals surface area contributed by atoms with Gasteiger partial charge in [0.2, 0.25) is 5.96 Å². The van der Waals surface area contributed by atoms with Crippen LogP contribution in [0.15, 0.2) is 4.99 Å². The molecule has 0 aromatic carbocycles. The van der Waals surface area contributed by atoms with Crippen molar-refractivity contribution in [1.82, 2.24) is 10.7 Å². The maximum Gasteiger partial charge on any atom is 0.205 e. The number of nitrogens with two attached hydrogens (primary N) is 1. The molecule has 1 aliphatic rings. The fourth-order valence-electron chi connectivity index (χ4n) is 1.47. The Hall–Kier alpha value is -0.810. The summed E-state index contributed by atoms with van der Waals surface area (Å²) in [4.78, 5) is 4.37. The first-order valence-corrected chi connectivity index (χ1v) is 5.19. The highest BCUT2D eigenvalue weighted by molar-refractivity contribution is 5.79. The van der Waals surface area contributed by atoms with Crippen molar-refractivity contribution in [2.24, 2.45) is 16.8 Å². The van der Waals surface area contributed by atoms with E-state index in [2.05, 4.69) is 15.7 Å². The van der Waals surface area contributed by atoms with Crippen molar-refractivity contribution in [3.8, 4) is 0 Å². The second kappa shape index (κ2) is 6.62. The summed E-state index contributed by atoms with van der Waals surface area (Å²) < 4.78 is 5.28. The third kappa shape index (κ3) is 3.93. The summed E-state index contributed by atoms with van der Waals surface area (Å²) in [5, 5.41) is 3.05. The van der Waals surface area contributed by atoms with E-state index in [4.69, 9.17) is 10.6 Å². The summed E-state index contributed by atoms with van der Waals surface area (Å²) >= 11 is 0. The van der Waals surface area contributed by atoms with Crippen molar-refractivity contribution in [3.63, 3.8) is 0 Å². The fraction of sp³-hybridized carbons (Fsp3) is 0.889. The van der Waals surface area contributed by atoms with Gasteiger partial charge in [-0.05, 0) is 25.7 Å². The van der Waals surface area contributed by atoms with E-state index in [-0.39, 0.29) is 0 Å². The standard InChI is InChI=1S/C9H20N4O/c1-2-11-9(13-10)12-7-8-3-5-14-6-4-8/h8H,2-7,10H2,1H3,(H2,11,12,13). The van der Waals surface area contributed by atoms with Gasteiger partial charge in [0.05, 0.1) is 0 Å². The molecule has 1 aliphatic heterocycles. The van der Waals surface area contributed by atoms with Crippen LogP contribution in [-0.2, 0) is 4.74 Å². The van der Waals surface area contributed by atoms with Gasteiger partial charge in [-0.25, -0.2) is 5.84 Å². The van der Waals surface area contributed by atoms with Crippen molar-refractivity contribution in [2.45, 2.75) is 19.8 Å². The number of rotatable bonds is 3. The van der Waals surface area contributed by atoms with Crippen LogP contribution in [0.5, 0.6) is 0 Å². The molecular formula is C9H20N4O. The second-order valence-corrected chi connectivity index (χ2v) is 3.42. The van der Waals surface area contributed by atoms with Crippen LogP contribution in [0.1, 0.15) is 19.8 Å². The SMILES string of the molecule is CCNC(=NCC1CCOCC1)NN. The highest BCUT2D eigenvalue weighted by atomic mass is 16.5. The van der Waals surface area contributed by atoms with Crippen molar-refractivity contribution in [2.75, 3.05) is 26.3 Å². The first kappa shape index (κ1) is 11.3. The van der Waals surface area contributed by atoms with Crippen molar-refractivity contribution >= 4 is 5.96 Å². The molecule has 1 fully saturated rings. The van der Waals surface area contributed by atoms with Gasteiger partial charge in [0, 0.05) is 26.3 Å². The molecule has 1 saturated heterocycles. The molecule has 0 aliphatic carbocycles. The second-order valence-electron chi connectivity index (χ2n) is 3.42. The molecular weight excluding hydrogens is 180 g/mol. The molecule has 1 heterocycles. The van der Waals surface area contributed by atoms with Gasteiger partial charge in [0.15, 0.2) is 0 Å². The number of guanidine groups is 1. The molecule has 0 radical (unpaired) electrons. The normalized spacial score (nSPS) is 19.4. The summed E-state index contributed by atoms with van der Waals surface area (Å²) in [6.45, 7) is 5.41. The maximum atomic E-state index is 5.31. The topological polar surface area (TPSA) is 71.7 Å². The zero-order valence-electron chi connectivity index (χ0n) is 8.75. The Bertz CT molecular complexity index is 178. The van der Waals surface area contributed by atoms with Gasteiger partial charge in [-0.15, -0.1) is 0 Å². The third-order valence-electron chi connectivity index (χ3n) is 2.33. The van der Waals surface area contributed by atoms with Gasteiger partial charge in [-0.1, -0.05) is 0 Å². The minimum absolute atomic E-state index is 0.644. The highest BCUT2D eigenvalue weighted by Crippen LogP contribution is 2.14. The molecule has 1 rings (SSSR count). The van der Waals surface area contributed by atoms with E-state index in [1.54, 1.807) is 0 Å². The van der Waals surface area contributed by atoms with Crippen LogP contribution in [-0.4, -0.2) is 32.3 Å². The van der Waals surface area contributed by atoms with Gasteiger partial charge in [-0.3, -0.25) is 10.4 Å². The number of hydrogen-bond donors (Lipinski definition) is 3. The minimum Gasteiger partial charge on any atom is -0.381 e. The summed E-state index contributed by atoms with van der Waals surface area (Å²) in [5.41, 5.74) is 2.55. The molecule has 0 aromatic rings. The van der Waals surface area contributed by atoms with Crippen LogP contribution in [0.3, 0.4) is 0 Å². The quantitative estimate of drug-likeness (QED) is 0.256. The molecule has 0 atom stereocenters. The number of nitrogens with one attached hydrogen (secondary N) is 2. The van der Waals surface area contributed by atoms with Gasteiger partial charge >= 0.3 is 0 Å². The summed E-state index contributed by atoms with van der Waals surface area (Å²) in [7, 11) is 0. The van der Waals surface area contributed by atoms with Gasteiger partial charge in [0.1, 0.15) is 0 Å². The average molecular weight is 200 g/mol. The lowest BCUT2D eigenvalue weighted by atomic mass is 10.0. The number of nitrogens with zero attached hydrogens (tertiary/aromatic N) is 1. The van der Waals surface area contributed by atoms with Crippen LogP contribution in [0, 0.1) is 5.92 Å². The molecule has 0 saturated carbocycles. The Labute approximate surface area is 85.1 Å². The first-order valence-electron chi connectivity index (χ1n) is 5.19. The lowest BCUT2D eigenvalue weighted by Gasteiger charge is -2.20. The third-order valence-corrected chi connectivity index (χ3v) is 2.33. The molecule has 0 spiro atoms. The zero-order valence-corrected chi connectivity index (χ0v) is 8.75. The number of ether oxygens (including phenoxy) is 1. The van der Waals surface area contributed by atoms with Gasteiger partial charge in [0.25, 0.3) is 0 Å². The van der Waals surface area contributed by atoms with Crippen LogP contribution in [0.4, 0.5) is 0 Å². The number of hydrogen-bond acceptors (Lipinski definition) is 3. The Kier molecular flexibility index (Phi) is 5.32. The van der Waals surface area contributed by atoms with E-state index in [9.17, 15) is 0 Å². The monoisotopic (exact) mass is 200 g/mol. The predicted octanol–water partition coefficient (Wildman–Crippen LogP) is -0.158. The molecule has 5 nitrogen and oxygen atoms in total. The van der Waals surface area contributed by atoms with Crippen molar-refractivity contribution < 1.29 is 4.74 Å². The summed E-state index contributed by atoms with van der Waals surface area (Å²) in [5.74, 6) is 6.63. The molecule has 0 amide bonds. The van der Waals surface area contributed by atoms with E-state index < -0.39 is 0 Å². The summed E-state index contributed by atoms with van der Waals surface area (Å²) in [6, 6.07) is 0. The van der Waals surface area contributed by atoms with E-state index in [1.165, 1.54) is 0 Å². The zero-order chi connectivity index (χ0) is 10.2. The number of hydrazine groups is 1. The highest BCUT2D eigenvalue weighted by Gasteiger charge is 2.12.